The summed E-state index contributed by atoms with van der Waals surface area (Å²) in [5, 5.41) is 3.40. The third-order valence-electron chi connectivity index (χ3n) is 3.45. The highest BCUT2D eigenvalue weighted by atomic mass is 32.1. The van der Waals surface area contributed by atoms with Gasteiger partial charge in [0, 0.05) is 18.5 Å². The zero-order valence-electron chi connectivity index (χ0n) is 11.3. The van der Waals surface area contributed by atoms with Gasteiger partial charge in [0.05, 0.1) is 0 Å². The Bertz CT molecular complexity index is 433. The molecule has 0 aliphatic heterocycles. The highest BCUT2D eigenvalue weighted by molar-refractivity contribution is 7.71. The van der Waals surface area contributed by atoms with Crippen LogP contribution in [0.3, 0.4) is 0 Å². The molecular formula is C14H23N3S. The van der Waals surface area contributed by atoms with Crippen molar-refractivity contribution in [1.82, 2.24) is 9.97 Å². The minimum atomic E-state index is 0.571. The average molecular weight is 265 g/mol. The molecule has 1 aliphatic carbocycles. The van der Waals surface area contributed by atoms with Gasteiger partial charge in [-0.3, -0.25) is 0 Å². The zero-order chi connectivity index (χ0) is 13.0. The van der Waals surface area contributed by atoms with Crippen molar-refractivity contribution in [2.45, 2.75) is 51.9 Å². The first-order chi connectivity index (χ1) is 8.65. The van der Waals surface area contributed by atoms with Gasteiger partial charge < -0.3 is 10.3 Å². The van der Waals surface area contributed by atoms with E-state index in [-0.39, 0.29) is 0 Å². The van der Waals surface area contributed by atoms with E-state index in [0.717, 1.165) is 18.2 Å². The molecular weight excluding hydrogens is 242 g/mol. The second-order valence-electron chi connectivity index (χ2n) is 5.63. The van der Waals surface area contributed by atoms with Crippen LogP contribution < -0.4 is 5.32 Å². The summed E-state index contributed by atoms with van der Waals surface area (Å²) in [4.78, 5) is 7.93. The molecule has 0 saturated heterocycles. The molecule has 1 saturated carbocycles. The summed E-state index contributed by atoms with van der Waals surface area (Å²) in [7, 11) is 0. The molecule has 0 bridgehead atoms. The van der Waals surface area contributed by atoms with Crippen molar-refractivity contribution in [2.75, 3.05) is 11.9 Å². The maximum Gasteiger partial charge on any atom is 0.131 e. The first-order valence-corrected chi connectivity index (χ1v) is 7.41. The molecule has 1 heterocycles. The summed E-state index contributed by atoms with van der Waals surface area (Å²) in [6.07, 6.45) is 6.48. The second kappa shape index (κ2) is 6.32. The van der Waals surface area contributed by atoms with Gasteiger partial charge in [-0.1, -0.05) is 45.3 Å². The molecule has 4 heteroatoms. The monoisotopic (exact) mass is 265 g/mol. The van der Waals surface area contributed by atoms with Gasteiger partial charge in [0.1, 0.15) is 16.3 Å². The largest absolute Gasteiger partial charge is 0.371 e. The van der Waals surface area contributed by atoms with Crippen molar-refractivity contribution >= 4 is 18.0 Å². The Hall–Kier alpha value is -0.900. The Balaban J connectivity index is 2.12. The molecule has 0 radical (unpaired) electrons. The maximum absolute atomic E-state index is 5.27. The summed E-state index contributed by atoms with van der Waals surface area (Å²) in [5.41, 5.74) is 0. The molecule has 0 atom stereocenters. The van der Waals surface area contributed by atoms with Crippen LogP contribution >= 0.6 is 12.2 Å². The van der Waals surface area contributed by atoms with E-state index in [4.69, 9.17) is 12.2 Å². The van der Waals surface area contributed by atoms with E-state index in [1.165, 1.54) is 32.1 Å². The van der Waals surface area contributed by atoms with Crippen LogP contribution in [-0.4, -0.2) is 16.5 Å². The highest BCUT2D eigenvalue weighted by Gasteiger charge is 2.17. The standard InChI is InChI=1S/C14H23N3S/c1-10(2)9-15-12-8-13(18)17-14(16-12)11-6-4-3-5-7-11/h8,10-11H,3-7,9H2,1-2H3,(H2,15,16,17,18). The summed E-state index contributed by atoms with van der Waals surface area (Å²) >= 11 is 5.27. The lowest BCUT2D eigenvalue weighted by Gasteiger charge is -2.21. The topological polar surface area (TPSA) is 40.7 Å². The van der Waals surface area contributed by atoms with Crippen LogP contribution in [0.4, 0.5) is 5.82 Å². The molecule has 2 rings (SSSR count). The predicted molar refractivity (Wildman–Crippen MR) is 78.6 cm³/mol. The average Bonchev–Trinajstić information content (AvgIpc) is 2.37. The van der Waals surface area contributed by atoms with Crippen molar-refractivity contribution in [2.24, 2.45) is 5.92 Å². The molecule has 1 fully saturated rings. The van der Waals surface area contributed by atoms with Gasteiger partial charge in [0.15, 0.2) is 0 Å². The van der Waals surface area contributed by atoms with Gasteiger partial charge >= 0.3 is 0 Å². The van der Waals surface area contributed by atoms with Crippen molar-refractivity contribution in [1.29, 1.82) is 0 Å². The third-order valence-corrected chi connectivity index (χ3v) is 3.66. The number of hydrogen-bond acceptors (Lipinski definition) is 3. The number of aromatic amines is 1. The Morgan fingerprint density at radius 3 is 2.78 bits per heavy atom. The maximum atomic E-state index is 5.27. The lowest BCUT2D eigenvalue weighted by atomic mass is 9.89. The predicted octanol–water partition coefficient (Wildman–Crippen LogP) is 4.25. The molecule has 1 aromatic rings. The van der Waals surface area contributed by atoms with Gasteiger partial charge in [-0.2, -0.15) is 0 Å². The lowest BCUT2D eigenvalue weighted by molar-refractivity contribution is 0.428. The Labute approximate surface area is 114 Å². The number of hydrogen-bond donors (Lipinski definition) is 2. The zero-order valence-corrected chi connectivity index (χ0v) is 12.1. The highest BCUT2D eigenvalue weighted by Crippen LogP contribution is 2.30. The minimum absolute atomic E-state index is 0.571. The van der Waals surface area contributed by atoms with Gasteiger partial charge in [0.25, 0.3) is 0 Å². The quantitative estimate of drug-likeness (QED) is 0.799. The third kappa shape index (κ3) is 3.80. The fourth-order valence-corrected chi connectivity index (χ4v) is 2.67. The van der Waals surface area contributed by atoms with Crippen LogP contribution in [0.15, 0.2) is 6.07 Å². The van der Waals surface area contributed by atoms with E-state index < -0.39 is 0 Å². The van der Waals surface area contributed by atoms with Crippen LogP contribution in [0.5, 0.6) is 0 Å². The van der Waals surface area contributed by atoms with Crippen molar-refractivity contribution in [3.05, 3.63) is 16.5 Å². The number of rotatable bonds is 4. The molecule has 100 valence electrons. The molecule has 2 N–H and O–H groups in total. The summed E-state index contributed by atoms with van der Waals surface area (Å²) in [6, 6.07) is 1.92. The van der Waals surface area contributed by atoms with Crippen molar-refractivity contribution in [3.8, 4) is 0 Å². The second-order valence-corrected chi connectivity index (χ2v) is 6.05. The minimum Gasteiger partial charge on any atom is -0.371 e. The Morgan fingerprint density at radius 1 is 1.39 bits per heavy atom. The van der Waals surface area contributed by atoms with Crippen LogP contribution in [-0.2, 0) is 0 Å². The van der Waals surface area contributed by atoms with E-state index in [1.54, 1.807) is 0 Å². The molecule has 0 aromatic carbocycles. The number of anilines is 1. The van der Waals surface area contributed by atoms with Crippen LogP contribution in [0, 0.1) is 10.6 Å². The van der Waals surface area contributed by atoms with Crippen LogP contribution in [0.1, 0.15) is 57.7 Å². The van der Waals surface area contributed by atoms with E-state index >= 15 is 0 Å². The summed E-state index contributed by atoms with van der Waals surface area (Å²) < 4.78 is 0.695. The van der Waals surface area contributed by atoms with Crippen molar-refractivity contribution < 1.29 is 0 Å². The van der Waals surface area contributed by atoms with Crippen LogP contribution in [0.25, 0.3) is 0 Å². The summed E-state index contributed by atoms with van der Waals surface area (Å²) in [5.74, 6) is 3.29. The number of aromatic nitrogens is 2. The number of H-pyrrole nitrogens is 1. The molecule has 18 heavy (non-hydrogen) atoms. The number of nitrogens with zero attached hydrogens (tertiary/aromatic N) is 1. The fourth-order valence-electron chi connectivity index (χ4n) is 2.46. The first kappa shape index (κ1) is 13.5. The van der Waals surface area contributed by atoms with Gasteiger partial charge in [-0.05, 0) is 18.8 Å². The SMILES string of the molecule is CC(C)CNc1cc(=S)nc(C2CCCCC2)[nH]1. The molecule has 0 amide bonds. The van der Waals surface area contributed by atoms with Gasteiger partial charge in [-0.15, -0.1) is 0 Å². The van der Waals surface area contributed by atoms with Gasteiger partial charge in [0.2, 0.25) is 0 Å². The van der Waals surface area contributed by atoms with E-state index in [9.17, 15) is 0 Å². The Morgan fingerprint density at radius 2 is 2.11 bits per heavy atom. The molecule has 0 unspecified atom stereocenters. The molecule has 3 nitrogen and oxygen atoms in total. The lowest BCUT2D eigenvalue weighted by Crippen LogP contribution is -2.13. The molecule has 1 aliphatic rings. The normalized spacial score (nSPS) is 17.1. The van der Waals surface area contributed by atoms with Gasteiger partial charge in [-0.25, -0.2) is 4.98 Å². The summed E-state index contributed by atoms with van der Waals surface area (Å²) in [6.45, 7) is 5.36. The van der Waals surface area contributed by atoms with Crippen LogP contribution in [0.2, 0.25) is 0 Å². The molecule has 1 aromatic heterocycles. The number of nitrogens with one attached hydrogen (secondary N) is 2. The first-order valence-electron chi connectivity index (χ1n) is 7.00. The van der Waals surface area contributed by atoms with E-state index in [1.807, 2.05) is 6.07 Å². The van der Waals surface area contributed by atoms with E-state index in [0.29, 0.717) is 16.5 Å². The molecule has 0 spiro atoms. The van der Waals surface area contributed by atoms with E-state index in [2.05, 4.69) is 29.1 Å². The smallest absolute Gasteiger partial charge is 0.131 e. The fraction of sp³-hybridized carbons (Fsp3) is 0.714. The Kier molecular flexibility index (Phi) is 4.75. The van der Waals surface area contributed by atoms with Crippen molar-refractivity contribution in [3.63, 3.8) is 0 Å².